The van der Waals surface area contributed by atoms with Crippen LogP contribution in [0.2, 0.25) is 0 Å². The van der Waals surface area contributed by atoms with E-state index in [9.17, 15) is 13.2 Å². The predicted octanol–water partition coefficient (Wildman–Crippen LogP) is 4.00. The first kappa shape index (κ1) is 21.3. The van der Waals surface area contributed by atoms with Crippen LogP contribution >= 0.6 is 0 Å². The summed E-state index contributed by atoms with van der Waals surface area (Å²) in [6.45, 7) is 2.22. The third-order valence-electron chi connectivity index (χ3n) is 5.53. The normalized spacial score (nSPS) is 13.9. The molecule has 4 rings (SSSR count). The van der Waals surface area contributed by atoms with Crippen LogP contribution in [-0.4, -0.2) is 26.9 Å². The molecule has 6 heteroatoms. The lowest BCUT2D eigenvalue weighted by molar-refractivity contribution is 0.0951. The van der Waals surface area contributed by atoms with Gasteiger partial charge < -0.3 is 5.32 Å². The molecule has 0 bridgehead atoms. The van der Waals surface area contributed by atoms with Crippen molar-refractivity contribution in [3.05, 3.63) is 101 Å². The standard InChI is InChI=1S/C25H26N2O3S/c1-18-12-15-22(31(29,30)27-21-13-14-21)16-23(18)25(28)26-17-24(19-8-4-2-5-9-19)20-10-6-3-7-11-20/h2-12,15-16,21,24,27H,13-14,17H2,1H3,(H,26,28). The number of hydrogen-bond donors (Lipinski definition) is 2. The minimum Gasteiger partial charge on any atom is -0.351 e. The largest absolute Gasteiger partial charge is 0.351 e. The van der Waals surface area contributed by atoms with Gasteiger partial charge in [-0.25, -0.2) is 13.1 Å². The molecule has 1 aliphatic carbocycles. The fourth-order valence-electron chi connectivity index (χ4n) is 3.59. The van der Waals surface area contributed by atoms with Gasteiger partial charge in [-0.2, -0.15) is 0 Å². The van der Waals surface area contributed by atoms with Crippen molar-refractivity contribution in [2.45, 2.75) is 36.6 Å². The molecule has 3 aromatic rings. The van der Waals surface area contributed by atoms with Crippen molar-refractivity contribution < 1.29 is 13.2 Å². The van der Waals surface area contributed by atoms with Crippen molar-refractivity contribution >= 4 is 15.9 Å². The first-order chi connectivity index (χ1) is 14.9. The summed E-state index contributed by atoms with van der Waals surface area (Å²) in [5.41, 5.74) is 3.32. The van der Waals surface area contributed by atoms with Gasteiger partial charge in [0.1, 0.15) is 0 Å². The molecule has 1 fully saturated rings. The average molecular weight is 435 g/mol. The number of nitrogens with one attached hydrogen (secondary N) is 2. The van der Waals surface area contributed by atoms with Crippen molar-refractivity contribution in [1.82, 2.24) is 10.0 Å². The Kier molecular flexibility index (Phi) is 6.20. The number of carbonyl (C=O) groups excluding carboxylic acids is 1. The van der Waals surface area contributed by atoms with Crippen LogP contribution in [0.15, 0.2) is 83.8 Å². The minimum atomic E-state index is -3.62. The maximum atomic E-state index is 13.0. The quantitative estimate of drug-likeness (QED) is 0.563. The lowest BCUT2D eigenvalue weighted by Gasteiger charge is -2.19. The summed E-state index contributed by atoms with van der Waals surface area (Å²) < 4.78 is 27.8. The summed E-state index contributed by atoms with van der Waals surface area (Å²) in [5, 5.41) is 3.01. The number of amides is 1. The van der Waals surface area contributed by atoms with Gasteiger partial charge in [0.05, 0.1) is 4.90 Å². The molecule has 2 N–H and O–H groups in total. The van der Waals surface area contributed by atoms with Crippen LogP contribution in [0.4, 0.5) is 0 Å². The summed E-state index contributed by atoms with van der Waals surface area (Å²) in [6.07, 6.45) is 1.72. The van der Waals surface area contributed by atoms with E-state index in [1.807, 2.05) is 67.6 Å². The highest BCUT2D eigenvalue weighted by Crippen LogP contribution is 2.25. The van der Waals surface area contributed by atoms with Gasteiger partial charge in [-0.05, 0) is 48.6 Å². The fourth-order valence-corrected chi connectivity index (χ4v) is 4.92. The molecule has 1 amide bonds. The summed E-state index contributed by atoms with van der Waals surface area (Å²) >= 11 is 0. The van der Waals surface area contributed by atoms with Crippen LogP contribution in [0.1, 0.15) is 45.8 Å². The van der Waals surface area contributed by atoms with Crippen LogP contribution in [0.25, 0.3) is 0 Å². The zero-order valence-corrected chi connectivity index (χ0v) is 18.2. The smallest absolute Gasteiger partial charge is 0.251 e. The van der Waals surface area contributed by atoms with E-state index >= 15 is 0 Å². The Balaban J connectivity index is 1.55. The van der Waals surface area contributed by atoms with Gasteiger partial charge in [0.2, 0.25) is 10.0 Å². The Labute approximate surface area is 183 Å². The van der Waals surface area contributed by atoms with Crippen LogP contribution in [0.3, 0.4) is 0 Å². The Morgan fingerprint density at radius 3 is 2.06 bits per heavy atom. The summed E-state index contributed by atoms with van der Waals surface area (Å²) in [7, 11) is -3.62. The molecule has 0 radical (unpaired) electrons. The molecule has 31 heavy (non-hydrogen) atoms. The molecule has 160 valence electrons. The molecule has 5 nitrogen and oxygen atoms in total. The monoisotopic (exact) mass is 434 g/mol. The maximum Gasteiger partial charge on any atom is 0.251 e. The molecule has 1 aliphatic rings. The zero-order valence-electron chi connectivity index (χ0n) is 17.4. The van der Waals surface area contributed by atoms with E-state index in [-0.39, 0.29) is 22.8 Å². The topological polar surface area (TPSA) is 75.3 Å². The third kappa shape index (κ3) is 5.21. The number of sulfonamides is 1. The first-order valence-corrected chi connectivity index (χ1v) is 11.9. The van der Waals surface area contributed by atoms with Crippen molar-refractivity contribution in [3.63, 3.8) is 0 Å². The van der Waals surface area contributed by atoms with Crippen molar-refractivity contribution in [2.24, 2.45) is 0 Å². The van der Waals surface area contributed by atoms with Gasteiger partial charge in [0.25, 0.3) is 5.91 Å². The maximum absolute atomic E-state index is 13.0. The van der Waals surface area contributed by atoms with Crippen molar-refractivity contribution in [2.75, 3.05) is 6.54 Å². The van der Waals surface area contributed by atoms with E-state index in [0.717, 1.165) is 29.5 Å². The second kappa shape index (κ2) is 9.04. The molecule has 0 aliphatic heterocycles. The van der Waals surface area contributed by atoms with Gasteiger partial charge in [0, 0.05) is 24.1 Å². The Morgan fingerprint density at radius 1 is 0.935 bits per heavy atom. The second-order valence-electron chi connectivity index (χ2n) is 7.96. The van der Waals surface area contributed by atoms with E-state index in [1.54, 1.807) is 12.1 Å². The Hall–Kier alpha value is -2.96. The first-order valence-electron chi connectivity index (χ1n) is 10.4. The lowest BCUT2D eigenvalue weighted by Crippen LogP contribution is -2.30. The third-order valence-corrected chi connectivity index (χ3v) is 7.05. The van der Waals surface area contributed by atoms with Gasteiger partial charge >= 0.3 is 0 Å². The Morgan fingerprint density at radius 2 is 1.52 bits per heavy atom. The van der Waals surface area contributed by atoms with Gasteiger partial charge in [0.15, 0.2) is 0 Å². The SMILES string of the molecule is Cc1ccc(S(=O)(=O)NC2CC2)cc1C(=O)NCC(c1ccccc1)c1ccccc1. The van der Waals surface area contributed by atoms with Crippen LogP contribution in [-0.2, 0) is 10.0 Å². The van der Waals surface area contributed by atoms with E-state index in [0.29, 0.717) is 12.1 Å². The van der Waals surface area contributed by atoms with E-state index in [2.05, 4.69) is 10.0 Å². The highest BCUT2D eigenvalue weighted by Gasteiger charge is 2.28. The van der Waals surface area contributed by atoms with E-state index in [4.69, 9.17) is 0 Å². The molecule has 0 saturated heterocycles. The number of rotatable bonds is 8. The average Bonchev–Trinajstić information content (AvgIpc) is 3.59. The van der Waals surface area contributed by atoms with Gasteiger partial charge in [-0.3, -0.25) is 4.79 Å². The number of benzene rings is 3. The highest BCUT2D eigenvalue weighted by molar-refractivity contribution is 7.89. The summed E-state index contributed by atoms with van der Waals surface area (Å²) in [6, 6.07) is 24.8. The zero-order chi connectivity index (χ0) is 21.8. The molecule has 0 unspecified atom stereocenters. The lowest BCUT2D eigenvalue weighted by atomic mass is 9.91. The van der Waals surface area contributed by atoms with Crippen molar-refractivity contribution in [1.29, 1.82) is 0 Å². The molecule has 0 atom stereocenters. The molecule has 0 aromatic heterocycles. The minimum absolute atomic E-state index is 0.00453. The van der Waals surface area contributed by atoms with Crippen molar-refractivity contribution in [3.8, 4) is 0 Å². The number of carbonyl (C=O) groups is 1. The highest BCUT2D eigenvalue weighted by atomic mass is 32.2. The Bertz CT molecular complexity index is 1120. The number of aryl methyl sites for hydroxylation is 1. The predicted molar refractivity (Wildman–Crippen MR) is 122 cm³/mol. The number of hydrogen-bond acceptors (Lipinski definition) is 3. The summed E-state index contributed by atoms with van der Waals surface area (Å²) in [5.74, 6) is -0.284. The molecular formula is C25H26N2O3S. The van der Waals surface area contributed by atoms with Gasteiger partial charge in [-0.1, -0.05) is 66.7 Å². The van der Waals surface area contributed by atoms with Crippen LogP contribution in [0.5, 0.6) is 0 Å². The van der Waals surface area contributed by atoms with Crippen LogP contribution in [0, 0.1) is 6.92 Å². The molecule has 1 saturated carbocycles. The molecule has 0 spiro atoms. The van der Waals surface area contributed by atoms with Gasteiger partial charge in [-0.15, -0.1) is 0 Å². The fraction of sp³-hybridized carbons (Fsp3) is 0.240. The molecular weight excluding hydrogens is 408 g/mol. The van der Waals surface area contributed by atoms with E-state index < -0.39 is 10.0 Å². The van der Waals surface area contributed by atoms with E-state index in [1.165, 1.54) is 6.07 Å². The summed E-state index contributed by atoms with van der Waals surface area (Å²) in [4.78, 5) is 13.1. The second-order valence-corrected chi connectivity index (χ2v) is 9.67. The molecule has 0 heterocycles. The van der Waals surface area contributed by atoms with Crippen LogP contribution < -0.4 is 10.0 Å². The molecule has 3 aromatic carbocycles.